The smallest absolute Gasteiger partial charge is 0.311 e. The molecule has 8 nitrogen and oxygen atoms in total. The Morgan fingerprint density at radius 2 is 1.87 bits per heavy atom. The average molecular weight is 460 g/mol. The molecular weight excluding hydrogens is 438 g/mol. The molecule has 3 rings (SSSR count). The number of ether oxygens (including phenoxy) is 1. The van der Waals surface area contributed by atoms with Crippen LogP contribution in [0, 0.1) is 0 Å². The molecule has 0 aliphatic carbocycles. The first-order valence-electron chi connectivity index (χ1n) is 9.42. The summed E-state index contributed by atoms with van der Waals surface area (Å²) in [7, 11) is -3.80. The van der Waals surface area contributed by atoms with Crippen LogP contribution in [0.3, 0.4) is 0 Å². The Morgan fingerprint density at radius 3 is 2.61 bits per heavy atom. The highest BCUT2D eigenvalue weighted by molar-refractivity contribution is 7.89. The SMILES string of the molecule is CCOC(=O)Cc1csc(NC(=O)c2cccc(S(=O)(=O)NCc3ccccc3)c2)n1. The molecule has 31 heavy (non-hydrogen) atoms. The van der Waals surface area contributed by atoms with Crippen LogP contribution in [0.2, 0.25) is 0 Å². The van der Waals surface area contributed by atoms with Gasteiger partial charge < -0.3 is 4.74 Å². The molecule has 0 saturated carbocycles. The number of anilines is 1. The van der Waals surface area contributed by atoms with Gasteiger partial charge in [-0.05, 0) is 30.7 Å². The third-order valence-corrected chi connectivity index (χ3v) is 6.32. The lowest BCUT2D eigenvalue weighted by atomic mass is 10.2. The van der Waals surface area contributed by atoms with Gasteiger partial charge in [-0.1, -0.05) is 36.4 Å². The van der Waals surface area contributed by atoms with Crippen LogP contribution in [0.1, 0.15) is 28.5 Å². The monoisotopic (exact) mass is 459 g/mol. The summed E-state index contributed by atoms with van der Waals surface area (Å²) in [5.41, 5.74) is 1.48. The van der Waals surface area contributed by atoms with Crippen molar-refractivity contribution < 1.29 is 22.7 Å². The summed E-state index contributed by atoms with van der Waals surface area (Å²) in [5.74, 6) is -0.899. The van der Waals surface area contributed by atoms with Gasteiger partial charge in [-0.25, -0.2) is 18.1 Å². The van der Waals surface area contributed by atoms with Gasteiger partial charge in [-0.2, -0.15) is 0 Å². The standard InChI is InChI=1S/C21H21N3O5S2/c1-2-29-19(25)12-17-14-30-21(23-17)24-20(26)16-9-6-10-18(11-16)31(27,28)22-13-15-7-4-3-5-8-15/h3-11,14,22H,2,12-13H2,1H3,(H,23,24,26). The Bertz CT molecular complexity index is 1160. The molecule has 0 fully saturated rings. The molecule has 10 heteroatoms. The van der Waals surface area contributed by atoms with Crippen molar-refractivity contribution in [1.29, 1.82) is 0 Å². The molecule has 0 saturated heterocycles. The molecule has 0 spiro atoms. The van der Waals surface area contributed by atoms with Gasteiger partial charge in [-0.15, -0.1) is 11.3 Å². The Labute approximate surface area is 184 Å². The molecule has 0 unspecified atom stereocenters. The number of nitrogens with zero attached hydrogens (tertiary/aromatic N) is 1. The predicted molar refractivity (Wildman–Crippen MR) is 117 cm³/mol. The number of benzene rings is 2. The van der Waals surface area contributed by atoms with Crippen LogP contribution in [-0.2, 0) is 32.5 Å². The molecular formula is C21H21N3O5S2. The van der Waals surface area contributed by atoms with E-state index in [0.29, 0.717) is 10.8 Å². The van der Waals surface area contributed by atoms with Crippen molar-refractivity contribution in [2.45, 2.75) is 24.8 Å². The summed E-state index contributed by atoms with van der Waals surface area (Å²) < 4.78 is 32.6. The van der Waals surface area contributed by atoms with Gasteiger partial charge in [0.2, 0.25) is 10.0 Å². The van der Waals surface area contributed by atoms with E-state index in [-0.39, 0.29) is 30.0 Å². The van der Waals surface area contributed by atoms with Crippen molar-refractivity contribution in [2.24, 2.45) is 0 Å². The van der Waals surface area contributed by atoms with Crippen LogP contribution in [0.4, 0.5) is 5.13 Å². The fraction of sp³-hybridized carbons (Fsp3) is 0.190. The van der Waals surface area contributed by atoms with E-state index in [1.54, 1.807) is 12.3 Å². The van der Waals surface area contributed by atoms with Crippen molar-refractivity contribution in [3.8, 4) is 0 Å². The third-order valence-electron chi connectivity index (χ3n) is 4.12. The van der Waals surface area contributed by atoms with Gasteiger partial charge in [-0.3, -0.25) is 14.9 Å². The summed E-state index contributed by atoms with van der Waals surface area (Å²) in [6.45, 7) is 2.14. The quantitative estimate of drug-likeness (QED) is 0.476. The molecule has 0 aliphatic rings. The minimum Gasteiger partial charge on any atom is -0.466 e. The lowest BCUT2D eigenvalue weighted by molar-refractivity contribution is -0.142. The number of aromatic nitrogens is 1. The third kappa shape index (κ3) is 6.45. The molecule has 1 amide bonds. The number of hydrogen-bond acceptors (Lipinski definition) is 7. The average Bonchev–Trinajstić information content (AvgIpc) is 3.20. The molecule has 1 aromatic heterocycles. The van der Waals surface area contributed by atoms with Crippen LogP contribution >= 0.6 is 11.3 Å². The maximum atomic E-state index is 12.6. The Kier molecular flexibility index (Phi) is 7.50. The minimum absolute atomic E-state index is 0.0149. The van der Waals surface area contributed by atoms with Crippen LogP contribution in [0.25, 0.3) is 0 Å². The van der Waals surface area contributed by atoms with Gasteiger partial charge >= 0.3 is 5.97 Å². The largest absolute Gasteiger partial charge is 0.466 e. The number of carbonyl (C=O) groups is 2. The molecule has 0 radical (unpaired) electrons. The van der Waals surface area contributed by atoms with E-state index in [4.69, 9.17) is 4.74 Å². The van der Waals surface area contributed by atoms with Gasteiger partial charge in [0, 0.05) is 17.5 Å². The Hall–Kier alpha value is -3.08. The lowest BCUT2D eigenvalue weighted by Crippen LogP contribution is -2.23. The second kappa shape index (κ2) is 10.3. The van der Waals surface area contributed by atoms with E-state index in [2.05, 4.69) is 15.0 Å². The topological polar surface area (TPSA) is 114 Å². The normalized spacial score (nSPS) is 11.1. The zero-order valence-electron chi connectivity index (χ0n) is 16.7. The van der Waals surface area contributed by atoms with Crippen LogP contribution in [-0.4, -0.2) is 31.9 Å². The number of rotatable bonds is 9. The van der Waals surface area contributed by atoms with Gasteiger partial charge in [0.1, 0.15) is 0 Å². The molecule has 2 aromatic carbocycles. The van der Waals surface area contributed by atoms with E-state index in [9.17, 15) is 18.0 Å². The van der Waals surface area contributed by atoms with Crippen molar-refractivity contribution in [3.05, 3.63) is 76.8 Å². The number of amides is 1. The van der Waals surface area contributed by atoms with Crippen molar-refractivity contribution in [3.63, 3.8) is 0 Å². The van der Waals surface area contributed by atoms with E-state index in [1.165, 1.54) is 35.6 Å². The molecule has 1 heterocycles. The Balaban J connectivity index is 1.66. The first kappa shape index (κ1) is 22.6. The summed E-state index contributed by atoms with van der Waals surface area (Å²) in [6.07, 6.45) is 0.0149. The Morgan fingerprint density at radius 1 is 1.10 bits per heavy atom. The minimum atomic E-state index is -3.80. The number of esters is 1. The zero-order valence-corrected chi connectivity index (χ0v) is 18.3. The molecule has 162 valence electrons. The zero-order chi connectivity index (χ0) is 22.3. The van der Waals surface area contributed by atoms with Gasteiger partial charge in [0.25, 0.3) is 5.91 Å². The molecule has 0 aliphatic heterocycles. The predicted octanol–water partition coefficient (Wildman–Crippen LogP) is 2.98. The first-order valence-corrected chi connectivity index (χ1v) is 11.8. The maximum Gasteiger partial charge on any atom is 0.311 e. The molecule has 0 atom stereocenters. The highest BCUT2D eigenvalue weighted by atomic mass is 32.2. The second-order valence-corrected chi connectivity index (χ2v) is 9.04. The molecule has 0 bridgehead atoms. The lowest BCUT2D eigenvalue weighted by Gasteiger charge is -2.08. The van der Waals surface area contributed by atoms with E-state index in [0.717, 1.165) is 5.56 Å². The van der Waals surface area contributed by atoms with Gasteiger partial charge in [0.05, 0.1) is 23.6 Å². The number of sulfonamides is 1. The molecule has 3 aromatic rings. The second-order valence-electron chi connectivity index (χ2n) is 6.42. The summed E-state index contributed by atoms with van der Waals surface area (Å²) in [6, 6.07) is 14.9. The fourth-order valence-electron chi connectivity index (χ4n) is 2.64. The number of carbonyl (C=O) groups excluding carboxylic acids is 2. The van der Waals surface area contributed by atoms with E-state index >= 15 is 0 Å². The summed E-state index contributed by atoms with van der Waals surface area (Å²) in [4.78, 5) is 28.3. The van der Waals surface area contributed by atoms with Crippen LogP contribution in [0.15, 0.2) is 64.9 Å². The summed E-state index contributed by atoms with van der Waals surface area (Å²) >= 11 is 1.17. The van der Waals surface area contributed by atoms with Crippen molar-refractivity contribution in [1.82, 2.24) is 9.71 Å². The van der Waals surface area contributed by atoms with Crippen molar-refractivity contribution >= 4 is 38.4 Å². The maximum absolute atomic E-state index is 12.6. The van der Waals surface area contributed by atoms with E-state index < -0.39 is 21.9 Å². The number of nitrogens with one attached hydrogen (secondary N) is 2. The number of hydrogen-bond donors (Lipinski definition) is 2. The summed E-state index contributed by atoms with van der Waals surface area (Å²) in [5, 5.41) is 4.58. The first-order chi connectivity index (χ1) is 14.9. The van der Waals surface area contributed by atoms with E-state index in [1.807, 2.05) is 30.3 Å². The highest BCUT2D eigenvalue weighted by Crippen LogP contribution is 2.18. The number of thiazole rings is 1. The van der Waals surface area contributed by atoms with Crippen LogP contribution in [0.5, 0.6) is 0 Å². The van der Waals surface area contributed by atoms with Crippen molar-refractivity contribution in [2.75, 3.05) is 11.9 Å². The van der Waals surface area contributed by atoms with Crippen LogP contribution < -0.4 is 10.0 Å². The highest BCUT2D eigenvalue weighted by Gasteiger charge is 2.17. The van der Waals surface area contributed by atoms with Gasteiger partial charge in [0.15, 0.2) is 5.13 Å². The molecule has 2 N–H and O–H groups in total. The fourth-order valence-corrected chi connectivity index (χ4v) is 4.41.